The van der Waals surface area contributed by atoms with Gasteiger partial charge < -0.3 is 9.80 Å². The summed E-state index contributed by atoms with van der Waals surface area (Å²) in [5.74, 6) is 0.649. The number of aliphatic imine (C=N–C) groups is 1. The Hall–Kier alpha value is -1.78. The Balaban J connectivity index is 2.25. The number of nitrogens with zero attached hydrogens (tertiary/aromatic N) is 3. The minimum atomic E-state index is -1.84. The van der Waals surface area contributed by atoms with E-state index >= 15 is 0 Å². The number of rotatable bonds is 5. The van der Waals surface area contributed by atoms with Crippen LogP contribution in [0.5, 0.6) is 0 Å². The van der Waals surface area contributed by atoms with Crippen molar-refractivity contribution in [3.05, 3.63) is 47.5 Å². The summed E-state index contributed by atoms with van der Waals surface area (Å²) in [5.41, 5.74) is 6.24. The van der Waals surface area contributed by atoms with Crippen LogP contribution in [0.1, 0.15) is 17.5 Å². The maximum Gasteiger partial charge on any atom is 0.114 e. The van der Waals surface area contributed by atoms with Crippen LogP contribution in [0.3, 0.4) is 0 Å². The second-order valence-corrected chi connectivity index (χ2v) is 12.9. The molecule has 144 valence electrons. The molecule has 0 aliphatic carbocycles. The van der Waals surface area contributed by atoms with E-state index in [2.05, 4.69) is 87.5 Å². The first-order valence-electron chi connectivity index (χ1n) is 9.52. The number of benzene rings is 2. The maximum absolute atomic E-state index is 5.90. The molecular weight excluding hydrogens is 370 g/mol. The summed E-state index contributed by atoms with van der Waals surface area (Å²) in [7, 11) is 6.58. The lowest BCUT2D eigenvalue weighted by atomic mass is 10.00. The second kappa shape index (κ2) is 7.68. The van der Waals surface area contributed by atoms with Crippen molar-refractivity contribution in [2.45, 2.75) is 19.5 Å². The van der Waals surface area contributed by atoms with Gasteiger partial charge in [0.15, 0.2) is 0 Å². The molecule has 3 rings (SSSR count). The Kier molecular flexibility index (Phi) is 5.68. The first kappa shape index (κ1) is 20.0. The molecule has 2 aromatic rings. The summed E-state index contributed by atoms with van der Waals surface area (Å²) in [6.07, 6.45) is 0.905. The van der Waals surface area contributed by atoms with Crippen LogP contribution >= 0.6 is 11.6 Å². The van der Waals surface area contributed by atoms with Crippen molar-refractivity contribution in [2.24, 2.45) is 4.99 Å². The smallest absolute Gasteiger partial charge is 0.114 e. The molecule has 0 bridgehead atoms. The van der Waals surface area contributed by atoms with E-state index in [0.29, 0.717) is 5.88 Å². The molecule has 0 fully saturated rings. The molecule has 0 aromatic heterocycles. The van der Waals surface area contributed by atoms with Gasteiger partial charge in [0, 0.05) is 63.1 Å². The second-order valence-electron chi connectivity index (χ2n) is 8.15. The number of alkyl halides is 1. The average molecular weight is 400 g/mol. The topological polar surface area (TPSA) is 18.8 Å². The predicted molar refractivity (Wildman–Crippen MR) is 124 cm³/mol. The Labute approximate surface area is 169 Å². The van der Waals surface area contributed by atoms with Gasteiger partial charge in [0.25, 0.3) is 0 Å². The highest BCUT2D eigenvalue weighted by Gasteiger charge is 2.38. The monoisotopic (exact) mass is 399 g/mol. The van der Waals surface area contributed by atoms with Crippen molar-refractivity contribution in [1.82, 2.24) is 0 Å². The summed E-state index contributed by atoms with van der Waals surface area (Å²) in [6.45, 7) is 5.68. The highest BCUT2D eigenvalue weighted by Crippen LogP contribution is 2.26. The van der Waals surface area contributed by atoms with Gasteiger partial charge in [-0.1, -0.05) is 25.2 Å². The highest BCUT2D eigenvalue weighted by molar-refractivity contribution is 7.02. The van der Waals surface area contributed by atoms with Gasteiger partial charge in [-0.2, -0.15) is 0 Å². The van der Waals surface area contributed by atoms with Gasteiger partial charge in [0.05, 0.1) is 5.71 Å². The third kappa shape index (κ3) is 3.65. The molecule has 3 nitrogen and oxygen atoms in total. The lowest BCUT2D eigenvalue weighted by molar-refractivity contribution is 0.939. The quantitative estimate of drug-likeness (QED) is 0.436. The summed E-state index contributed by atoms with van der Waals surface area (Å²) < 4.78 is 0. The zero-order chi connectivity index (χ0) is 19.8. The van der Waals surface area contributed by atoms with Gasteiger partial charge in [0.1, 0.15) is 8.07 Å². The highest BCUT2D eigenvalue weighted by atomic mass is 35.5. The SMILES string of the molecule is CN(C)c1ccc2c(c1)[Si](C)(C)c1cc(N(C)C)ccc1C2=NCCCCl. The van der Waals surface area contributed by atoms with Crippen LogP contribution in [0.4, 0.5) is 11.4 Å². The zero-order valence-electron chi connectivity index (χ0n) is 17.3. The molecular formula is C22H30ClN3Si. The molecule has 0 N–H and O–H groups in total. The number of hydrogen-bond donors (Lipinski definition) is 0. The van der Waals surface area contributed by atoms with E-state index < -0.39 is 8.07 Å². The summed E-state index contributed by atoms with van der Waals surface area (Å²) in [5, 5.41) is 2.95. The summed E-state index contributed by atoms with van der Waals surface area (Å²) >= 11 is 5.90. The molecule has 0 unspecified atom stereocenters. The molecule has 27 heavy (non-hydrogen) atoms. The molecule has 0 spiro atoms. The van der Waals surface area contributed by atoms with Gasteiger partial charge in [-0.3, -0.25) is 4.99 Å². The van der Waals surface area contributed by atoms with Crippen molar-refractivity contribution in [3.8, 4) is 0 Å². The molecule has 0 atom stereocenters. The lowest BCUT2D eigenvalue weighted by Gasteiger charge is -2.36. The van der Waals surface area contributed by atoms with Crippen LogP contribution in [0.25, 0.3) is 0 Å². The molecule has 1 heterocycles. The molecule has 0 saturated heterocycles. The molecule has 0 amide bonds. The minimum Gasteiger partial charge on any atom is -0.378 e. The number of hydrogen-bond acceptors (Lipinski definition) is 3. The first-order valence-corrected chi connectivity index (χ1v) is 13.1. The van der Waals surface area contributed by atoms with Gasteiger partial charge in [-0.15, -0.1) is 11.6 Å². The van der Waals surface area contributed by atoms with Crippen LogP contribution < -0.4 is 20.2 Å². The fourth-order valence-corrected chi connectivity index (χ4v) is 6.96. The molecule has 1 aliphatic heterocycles. The van der Waals surface area contributed by atoms with Crippen molar-refractivity contribution in [1.29, 1.82) is 0 Å². The van der Waals surface area contributed by atoms with Crippen LogP contribution in [0.15, 0.2) is 41.4 Å². The van der Waals surface area contributed by atoms with E-state index in [9.17, 15) is 0 Å². The Morgan fingerprint density at radius 3 is 1.74 bits per heavy atom. The van der Waals surface area contributed by atoms with Crippen molar-refractivity contribution < 1.29 is 0 Å². The molecule has 1 aliphatic rings. The Morgan fingerprint density at radius 2 is 1.33 bits per heavy atom. The minimum absolute atomic E-state index is 0.649. The van der Waals surface area contributed by atoms with E-state index in [1.54, 1.807) is 0 Å². The van der Waals surface area contributed by atoms with Crippen LogP contribution in [-0.2, 0) is 0 Å². The van der Waals surface area contributed by atoms with Crippen LogP contribution in [0.2, 0.25) is 13.1 Å². The first-order chi connectivity index (χ1) is 12.8. The third-order valence-electron chi connectivity index (χ3n) is 5.46. The van der Waals surface area contributed by atoms with Crippen molar-refractivity contribution >= 4 is 47.1 Å². The number of anilines is 2. The molecule has 0 radical (unpaired) electrons. The average Bonchev–Trinajstić information content (AvgIpc) is 2.64. The Morgan fingerprint density at radius 1 is 0.852 bits per heavy atom. The molecule has 0 saturated carbocycles. The van der Waals surface area contributed by atoms with Gasteiger partial charge in [-0.25, -0.2) is 0 Å². The predicted octanol–water partition coefficient (Wildman–Crippen LogP) is 3.42. The van der Waals surface area contributed by atoms with Crippen molar-refractivity contribution in [3.63, 3.8) is 0 Å². The standard InChI is InChI=1S/C22H30ClN3Si/c1-25(2)16-8-10-18-20(14-16)27(5,6)21-15-17(26(3)4)9-11-19(21)22(18)24-13-7-12-23/h8-11,14-15H,7,12-13H2,1-6H3. The van der Waals surface area contributed by atoms with Gasteiger partial charge in [-0.05, 0) is 41.1 Å². The lowest BCUT2D eigenvalue weighted by Crippen LogP contribution is -2.60. The van der Waals surface area contributed by atoms with Crippen LogP contribution in [-0.4, -0.2) is 54.4 Å². The van der Waals surface area contributed by atoms with E-state index in [0.717, 1.165) is 18.7 Å². The number of fused-ring (bicyclic) bond motifs is 2. The third-order valence-corrected chi connectivity index (χ3v) is 9.25. The van der Waals surface area contributed by atoms with Crippen LogP contribution in [0, 0.1) is 0 Å². The maximum atomic E-state index is 5.90. The number of halogens is 1. The van der Waals surface area contributed by atoms with Gasteiger partial charge >= 0.3 is 0 Å². The van der Waals surface area contributed by atoms with E-state index in [1.807, 2.05) is 0 Å². The molecule has 5 heteroatoms. The van der Waals surface area contributed by atoms with E-state index in [-0.39, 0.29) is 0 Å². The van der Waals surface area contributed by atoms with E-state index in [4.69, 9.17) is 16.6 Å². The Bertz CT molecular complexity index is 808. The fraction of sp³-hybridized carbons (Fsp3) is 0.409. The normalized spacial score (nSPS) is 14.4. The summed E-state index contributed by atoms with van der Waals surface area (Å²) in [6, 6.07) is 13.7. The summed E-state index contributed by atoms with van der Waals surface area (Å²) in [4.78, 5) is 9.36. The van der Waals surface area contributed by atoms with E-state index in [1.165, 1.54) is 32.9 Å². The largest absolute Gasteiger partial charge is 0.378 e. The zero-order valence-corrected chi connectivity index (χ0v) is 19.1. The van der Waals surface area contributed by atoms with Gasteiger partial charge in [0.2, 0.25) is 0 Å². The molecule has 2 aromatic carbocycles. The fourth-order valence-electron chi connectivity index (χ4n) is 3.78. The van der Waals surface area contributed by atoms with Crippen molar-refractivity contribution in [2.75, 3.05) is 50.4 Å².